The molecule has 20 heavy (non-hydrogen) atoms. The molecule has 1 aliphatic heterocycles. The fourth-order valence-corrected chi connectivity index (χ4v) is 2.80. The Morgan fingerprint density at radius 2 is 2.05 bits per heavy atom. The van der Waals surface area contributed by atoms with Gasteiger partial charge in [0.25, 0.3) is 0 Å². The van der Waals surface area contributed by atoms with E-state index >= 15 is 0 Å². The first-order valence-corrected chi connectivity index (χ1v) is 7.37. The van der Waals surface area contributed by atoms with Crippen LogP contribution in [0.1, 0.15) is 24.8 Å². The van der Waals surface area contributed by atoms with E-state index in [9.17, 15) is 14.7 Å². The average molecular weight is 293 g/mol. The Labute approximate surface area is 124 Å². The molecule has 1 amide bonds. The minimum absolute atomic E-state index is 0.0911. The minimum Gasteiger partial charge on any atom is -0.480 e. The molecule has 0 aromatic heterocycles. The van der Waals surface area contributed by atoms with Gasteiger partial charge in [-0.2, -0.15) is 12.6 Å². The van der Waals surface area contributed by atoms with Crippen molar-refractivity contribution in [1.29, 1.82) is 0 Å². The SMILES string of the molecule is CC(CS)C(=O)N1CC(c2ccccc2)C[C@H]1C(=O)O. The predicted octanol–water partition coefficient (Wildman–Crippen LogP) is 2.02. The van der Waals surface area contributed by atoms with Gasteiger partial charge in [-0.25, -0.2) is 4.79 Å². The van der Waals surface area contributed by atoms with Crippen molar-refractivity contribution in [3.05, 3.63) is 35.9 Å². The Kier molecular flexibility index (Phi) is 4.70. The summed E-state index contributed by atoms with van der Waals surface area (Å²) >= 11 is 4.13. The van der Waals surface area contributed by atoms with Crippen molar-refractivity contribution in [3.63, 3.8) is 0 Å². The summed E-state index contributed by atoms with van der Waals surface area (Å²) in [4.78, 5) is 25.2. The number of aliphatic carboxylic acids is 1. The maximum atomic E-state index is 12.3. The third-order valence-corrected chi connectivity index (χ3v) is 4.38. The van der Waals surface area contributed by atoms with Gasteiger partial charge >= 0.3 is 5.97 Å². The van der Waals surface area contributed by atoms with Crippen LogP contribution in [0.5, 0.6) is 0 Å². The van der Waals surface area contributed by atoms with Crippen molar-refractivity contribution in [3.8, 4) is 0 Å². The first-order valence-electron chi connectivity index (χ1n) is 6.73. The van der Waals surface area contributed by atoms with Gasteiger partial charge in [-0.15, -0.1) is 0 Å². The second kappa shape index (κ2) is 6.31. The monoisotopic (exact) mass is 293 g/mol. The largest absolute Gasteiger partial charge is 0.480 e. The van der Waals surface area contributed by atoms with E-state index in [-0.39, 0.29) is 17.7 Å². The van der Waals surface area contributed by atoms with Gasteiger partial charge in [-0.1, -0.05) is 37.3 Å². The van der Waals surface area contributed by atoms with Crippen LogP contribution in [0.25, 0.3) is 0 Å². The first kappa shape index (κ1) is 14.9. The van der Waals surface area contributed by atoms with Crippen LogP contribution < -0.4 is 0 Å². The van der Waals surface area contributed by atoms with E-state index in [4.69, 9.17) is 0 Å². The zero-order valence-corrected chi connectivity index (χ0v) is 12.3. The second-order valence-corrected chi connectivity index (χ2v) is 5.64. The molecule has 3 atom stereocenters. The normalized spacial score (nSPS) is 23.6. The van der Waals surface area contributed by atoms with Crippen molar-refractivity contribution < 1.29 is 14.7 Å². The van der Waals surface area contributed by atoms with E-state index in [2.05, 4.69) is 12.6 Å². The first-order chi connectivity index (χ1) is 9.54. The molecule has 1 fully saturated rings. The molecular weight excluding hydrogens is 274 g/mol. The smallest absolute Gasteiger partial charge is 0.326 e. The van der Waals surface area contributed by atoms with Crippen molar-refractivity contribution >= 4 is 24.5 Å². The standard InChI is InChI=1S/C15H19NO3S/c1-10(9-20)14(17)16-8-12(7-13(16)15(18)19)11-5-3-2-4-6-11/h2-6,10,12-13,20H,7-9H2,1H3,(H,18,19)/t10?,12?,13-/m0/s1. The number of benzene rings is 1. The van der Waals surface area contributed by atoms with Gasteiger partial charge in [0.15, 0.2) is 0 Å². The summed E-state index contributed by atoms with van der Waals surface area (Å²) < 4.78 is 0. The molecule has 0 radical (unpaired) electrons. The second-order valence-electron chi connectivity index (χ2n) is 5.27. The van der Waals surface area contributed by atoms with E-state index in [0.29, 0.717) is 18.7 Å². The summed E-state index contributed by atoms with van der Waals surface area (Å²) in [5.41, 5.74) is 1.09. The maximum Gasteiger partial charge on any atom is 0.326 e. The van der Waals surface area contributed by atoms with Crippen LogP contribution in [0.15, 0.2) is 30.3 Å². The van der Waals surface area contributed by atoms with Crippen LogP contribution in [0.2, 0.25) is 0 Å². The summed E-state index contributed by atoms with van der Waals surface area (Å²) in [6.07, 6.45) is 0.477. The van der Waals surface area contributed by atoms with Gasteiger partial charge in [0.1, 0.15) is 6.04 Å². The Hall–Kier alpha value is -1.49. The van der Waals surface area contributed by atoms with Crippen LogP contribution in [0, 0.1) is 5.92 Å². The molecule has 1 aliphatic rings. The Bertz CT molecular complexity index is 491. The summed E-state index contributed by atoms with van der Waals surface area (Å²) in [5, 5.41) is 9.34. The number of likely N-dealkylation sites (tertiary alicyclic amines) is 1. The fraction of sp³-hybridized carbons (Fsp3) is 0.467. The predicted molar refractivity (Wildman–Crippen MR) is 80.0 cm³/mol. The van der Waals surface area contributed by atoms with Crippen molar-refractivity contribution in [1.82, 2.24) is 4.90 Å². The Morgan fingerprint density at radius 1 is 1.40 bits per heavy atom. The van der Waals surface area contributed by atoms with Crippen LogP contribution in [-0.4, -0.2) is 40.2 Å². The maximum absolute atomic E-state index is 12.3. The molecule has 108 valence electrons. The third-order valence-electron chi connectivity index (χ3n) is 3.84. The van der Waals surface area contributed by atoms with Crippen molar-refractivity contribution in [2.75, 3.05) is 12.3 Å². The summed E-state index contributed by atoms with van der Waals surface area (Å²) in [7, 11) is 0. The number of rotatable bonds is 4. The van der Waals surface area contributed by atoms with Gasteiger partial charge < -0.3 is 10.0 Å². The van der Waals surface area contributed by atoms with Crippen LogP contribution in [0.4, 0.5) is 0 Å². The van der Waals surface area contributed by atoms with E-state index < -0.39 is 12.0 Å². The molecule has 0 bridgehead atoms. The Balaban J connectivity index is 2.20. The topological polar surface area (TPSA) is 57.6 Å². The van der Waals surface area contributed by atoms with Gasteiger partial charge in [0.2, 0.25) is 5.91 Å². The number of hydrogen-bond acceptors (Lipinski definition) is 3. The van der Waals surface area contributed by atoms with Crippen LogP contribution in [0.3, 0.4) is 0 Å². The number of carboxylic acid groups (broad SMARTS) is 1. The lowest BCUT2D eigenvalue weighted by Crippen LogP contribution is -2.43. The van der Waals surface area contributed by atoms with E-state index in [1.54, 1.807) is 6.92 Å². The van der Waals surface area contributed by atoms with Crippen LogP contribution >= 0.6 is 12.6 Å². The quantitative estimate of drug-likeness (QED) is 0.835. The van der Waals surface area contributed by atoms with Gasteiger partial charge in [0, 0.05) is 24.1 Å². The number of hydrogen-bond donors (Lipinski definition) is 2. The fourth-order valence-electron chi connectivity index (χ4n) is 2.64. The van der Waals surface area contributed by atoms with Gasteiger partial charge in [-0.05, 0) is 12.0 Å². The molecule has 0 saturated carbocycles. The lowest BCUT2D eigenvalue weighted by Gasteiger charge is -2.24. The number of amides is 1. The number of thiol groups is 1. The van der Waals surface area contributed by atoms with Crippen molar-refractivity contribution in [2.45, 2.75) is 25.3 Å². The molecule has 0 spiro atoms. The van der Waals surface area contributed by atoms with E-state index in [1.807, 2.05) is 30.3 Å². The highest BCUT2D eigenvalue weighted by Crippen LogP contribution is 2.32. The molecule has 5 heteroatoms. The number of carbonyl (C=O) groups is 2. The Morgan fingerprint density at radius 3 is 2.60 bits per heavy atom. The lowest BCUT2D eigenvalue weighted by molar-refractivity contribution is -0.149. The highest BCUT2D eigenvalue weighted by molar-refractivity contribution is 7.80. The summed E-state index contributed by atoms with van der Waals surface area (Å²) in [6.45, 7) is 2.25. The third kappa shape index (κ3) is 2.98. The lowest BCUT2D eigenvalue weighted by atomic mass is 9.96. The molecule has 0 aliphatic carbocycles. The molecule has 1 N–H and O–H groups in total. The number of carbonyl (C=O) groups excluding carboxylic acids is 1. The minimum atomic E-state index is -0.928. The molecular formula is C15H19NO3S. The van der Waals surface area contributed by atoms with Gasteiger partial charge in [0.05, 0.1) is 0 Å². The molecule has 1 aromatic carbocycles. The molecule has 2 unspecified atom stereocenters. The highest BCUT2D eigenvalue weighted by atomic mass is 32.1. The average Bonchev–Trinajstić information content (AvgIpc) is 2.92. The zero-order chi connectivity index (χ0) is 14.7. The van der Waals surface area contributed by atoms with Crippen molar-refractivity contribution in [2.24, 2.45) is 5.92 Å². The molecule has 1 saturated heterocycles. The zero-order valence-electron chi connectivity index (χ0n) is 11.4. The molecule has 1 heterocycles. The number of carboxylic acids is 1. The van der Waals surface area contributed by atoms with E-state index in [1.165, 1.54) is 4.90 Å². The molecule has 2 rings (SSSR count). The summed E-state index contributed by atoms with van der Waals surface area (Å²) in [6, 6.07) is 9.05. The van der Waals surface area contributed by atoms with E-state index in [0.717, 1.165) is 5.56 Å². The molecule has 4 nitrogen and oxygen atoms in total. The molecule has 1 aromatic rings. The number of nitrogens with zero attached hydrogens (tertiary/aromatic N) is 1. The van der Waals surface area contributed by atoms with Crippen LogP contribution in [-0.2, 0) is 9.59 Å². The van der Waals surface area contributed by atoms with Gasteiger partial charge in [-0.3, -0.25) is 4.79 Å². The highest BCUT2D eigenvalue weighted by Gasteiger charge is 2.40. The summed E-state index contributed by atoms with van der Waals surface area (Å²) in [5.74, 6) is -0.783.